The highest BCUT2D eigenvalue weighted by molar-refractivity contribution is 5.76. The highest BCUT2D eigenvalue weighted by Crippen LogP contribution is 1.87. The maximum atomic E-state index is 10.5. The van der Waals surface area contributed by atoms with Crippen molar-refractivity contribution in [3.05, 3.63) is 0 Å². The van der Waals surface area contributed by atoms with Crippen LogP contribution in [0.4, 0.5) is 0 Å². The molecule has 0 aromatic carbocycles. The van der Waals surface area contributed by atoms with Crippen LogP contribution in [0.2, 0.25) is 0 Å². The van der Waals surface area contributed by atoms with Crippen molar-refractivity contribution in [2.24, 2.45) is 5.84 Å². The van der Waals surface area contributed by atoms with Gasteiger partial charge >= 0.3 is 0 Å². The Hall–Kier alpha value is -0.650. The number of rotatable bonds is 8. The Morgan fingerprint density at radius 2 is 2.00 bits per heavy atom. The van der Waals surface area contributed by atoms with Crippen LogP contribution in [0.25, 0.3) is 0 Å². The van der Waals surface area contributed by atoms with E-state index in [0.717, 1.165) is 19.4 Å². The molecular weight excluding hydrogens is 172 g/mol. The van der Waals surface area contributed by atoms with E-state index < -0.39 is 0 Å². The minimum absolute atomic E-state index is 0.00631. The van der Waals surface area contributed by atoms with E-state index in [1.165, 1.54) is 0 Å². The van der Waals surface area contributed by atoms with E-state index in [1.807, 2.05) is 5.43 Å². The predicted molar refractivity (Wildman–Crippen MR) is 48.9 cm³/mol. The van der Waals surface area contributed by atoms with Gasteiger partial charge in [0, 0.05) is 6.61 Å². The topological polar surface area (TPSA) is 73.6 Å². The van der Waals surface area contributed by atoms with Gasteiger partial charge in [-0.05, 0) is 6.42 Å². The SMILES string of the molecule is CCCCOCCOCC(=O)NN. The first kappa shape index (κ1) is 12.3. The lowest BCUT2D eigenvalue weighted by molar-refractivity contribution is -0.126. The number of hydrogen-bond donors (Lipinski definition) is 2. The van der Waals surface area contributed by atoms with Crippen molar-refractivity contribution in [3.63, 3.8) is 0 Å². The molecule has 1 amide bonds. The molecule has 0 aliphatic carbocycles. The number of amides is 1. The number of carbonyl (C=O) groups excluding carboxylic acids is 1. The van der Waals surface area contributed by atoms with E-state index in [1.54, 1.807) is 0 Å². The van der Waals surface area contributed by atoms with Crippen molar-refractivity contribution >= 4 is 5.91 Å². The van der Waals surface area contributed by atoms with Crippen LogP contribution in [0.15, 0.2) is 0 Å². The van der Waals surface area contributed by atoms with E-state index in [9.17, 15) is 4.79 Å². The van der Waals surface area contributed by atoms with Crippen LogP contribution in [0.3, 0.4) is 0 Å². The summed E-state index contributed by atoms with van der Waals surface area (Å²) in [6.07, 6.45) is 2.18. The molecule has 0 aromatic heterocycles. The van der Waals surface area contributed by atoms with Crippen molar-refractivity contribution in [2.75, 3.05) is 26.4 Å². The highest BCUT2D eigenvalue weighted by atomic mass is 16.5. The number of ether oxygens (including phenoxy) is 2. The maximum absolute atomic E-state index is 10.5. The third-order valence-corrected chi connectivity index (χ3v) is 1.41. The van der Waals surface area contributed by atoms with Gasteiger partial charge in [0.15, 0.2) is 0 Å². The zero-order valence-corrected chi connectivity index (χ0v) is 8.04. The molecule has 5 heteroatoms. The molecule has 0 aliphatic rings. The lowest BCUT2D eigenvalue weighted by atomic mass is 10.4. The zero-order chi connectivity index (χ0) is 9.94. The molecular formula is C8H18N2O3. The van der Waals surface area contributed by atoms with E-state index in [-0.39, 0.29) is 12.5 Å². The number of hydrazine groups is 1. The van der Waals surface area contributed by atoms with Gasteiger partial charge in [-0.25, -0.2) is 5.84 Å². The van der Waals surface area contributed by atoms with Gasteiger partial charge in [0.05, 0.1) is 13.2 Å². The average Bonchev–Trinajstić information content (AvgIpc) is 2.16. The molecule has 13 heavy (non-hydrogen) atoms. The number of carbonyl (C=O) groups is 1. The van der Waals surface area contributed by atoms with Crippen LogP contribution in [0.5, 0.6) is 0 Å². The van der Waals surface area contributed by atoms with E-state index in [4.69, 9.17) is 15.3 Å². The largest absolute Gasteiger partial charge is 0.379 e. The van der Waals surface area contributed by atoms with Gasteiger partial charge in [-0.15, -0.1) is 0 Å². The molecule has 0 rings (SSSR count). The van der Waals surface area contributed by atoms with Crippen LogP contribution in [0.1, 0.15) is 19.8 Å². The molecule has 0 spiro atoms. The second kappa shape index (κ2) is 9.44. The minimum Gasteiger partial charge on any atom is -0.379 e. The van der Waals surface area contributed by atoms with Crippen molar-refractivity contribution in [2.45, 2.75) is 19.8 Å². The zero-order valence-electron chi connectivity index (χ0n) is 8.04. The first-order chi connectivity index (χ1) is 6.31. The lowest BCUT2D eigenvalue weighted by Gasteiger charge is -2.04. The fourth-order valence-corrected chi connectivity index (χ4v) is 0.673. The van der Waals surface area contributed by atoms with Gasteiger partial charge in [-0.1, -0.05) is 13.3 Å². The van der Waals surface area contributed by atoms with Gasteiger partial charge in [0.2, 0.25) is 0 Å². The van der Waals surface area contributed by atoms with Gasteiger partial charge in [0.25, 0.3) is 5.91 Å². The molecule has 0 radical (unpaired) electrons. The molecule has 0 unspecified atom stereocenters. The van der Waals surface area contributed by atoms with Gasteiger partial charge in [-0.2, -0.15) is 0 Å². The Morgan fingerprint density at radius 3 is 2.62 bits per heavy atom. The van der Waals surface area contributed by atoms with Gasteiger partial charge in [0.1, 0.15) is 6.61 Å². The lowest BCUT2D eigenvalue weighted by Crippen LogP contribution is -2.33. The molecule has 0 aromatic rings. The Kier molecular flexibility index (Phi) is 8.97. The Labute approximate surface area is 78.5 Å². The maximum Gasteiger partial charge on any atom is 0.259 e. The summed E-state index contributed by atoms with van der Waals surface area (Å²) in [5.41, 5.74) is 1.97. The summed E-state index contributed by atoms with van der Waals surface area (Å²) in [4.78, 5) is 10.5. The molecule has 0 aliphatic heterocycles. The normalized spacial score (nSPS) is 10.0. The van der Waals surface area contributed by atoms with Gasteiger partial charge < -0.3 is 9.47 Å². The fraction of sp³-hybridized carbons (Fsp3) is 0.875. The number of unbranched alkanes of at least 4 members (excludes halogenated alkanes) is 1. The second-order valence-electron chi connectivity index (χ2n) is 2.59. The molecule has 3 N–H and O–H groups in total. The van der Waals surface area contributed by atoms with Crippen molar-refractivity contribution in [1.29, 1.82) is 0 Å². The molecule has 78 valence electrons. The fourth-order valence-electron chi connectivity index (χ4n) is 0.673. The van der Waals surface area contributed by atoms with E-state index >= 15 is 0 Å². The summed E-state index contributed by atoms with van der Waals surface area (Å²) < 4.78 is 10.2. The third-order valence-electron chi connectivity index (χ3n) is 1.41. The highest BCUT2D eigenvalue weighted by Gasteiger charge is 1.96. The summed E-state index contributed by atoms with van der Waals surface area (Å²) in [5, 5.41) is 0. The molecule has 0 atom stereocenters. The monoisotopic (exact) mass is 190 g/mol. The summed E-state index contributed by atoms with van der Waals surface area (Å²) in [6, 6.07) is 0. The van der Waals surface area contributed by atoms with Crippen molar-refractivity contribution in [1.82, 2.24) is 5.43 Å². The Morgan fingerprint density at radius 1 is 1.31 bits per heavy atom. The molecule has 0 saturated carbocycles. The molecule has 0 fully saturated rings. The smallest absolute Gasteiger partial charge is 0.259 e. The standard InChI is InChI=1S/C8H18N2O3/c1-2-3-4-12-5-6-13-7-8(11)10-9/h2-7,9H2,1H3,(H,10,11). The second-order valence-corrected chi connectivity index (χ2v) is 2.59. The first-order valence-electron chi connectivity index (χ1n) is 4.46. The summed E-state index contributed by atoms with van der Waals surface area (Å²) in [7, 11) is 0. The average molecular weight is 190 g/mol. The van der Waals surface area contributed by atoms with Crippen LogP contribution in [-0.4, -0.2) is 32.3 Å². The van der Waals surface area contributed by atoms with Crippen LogP contribution >= 0.6 is 0 Å². The minimum atomic E-state index is -0.325. The summed E-state index contributed by atoms with van der Waals surface area (Å²) in [6.45, 7) is 3.80. The molecule has 5 nitrogen and oxygen atoms in total. The summed E-state index contributed by atoms with van der Waals surface area (Å²) in [5.74, 6) is 4.52. The van der Waals surface area contributed by atoms with Crippen molar-refractivity contribution < 1.29 is 14.3 Å². The first-order valence-corrected chi connectivity index (χ1v) is 4.46. The predicted octanol–water partition coefficient (Wildman–Crippen LogP) is -0.190. The van der Waals surface area contributed by atoms with Crippen LogP contribution in [0, 0.1) is 0 Å². The molecule has 0 saturated heterocycles. The van der Waals surface area contributed by atoms with Crippen LogP contribution in [-0.2, 0) is 14.3 Å². The van der Waals surface area contributed by atoms with Gasteiger partial charge in [-0.3, -0.25) is 10.2 Å². The number of nitrogens with two attached hydrogens (primary N) is 1. The molecule has 0 bridgehead atoms. The Balaban J connectivity index is 2.95. The summed E-state index contributed by atoms with van der Waals surface area (Å²) >= 11 is 0. The van der Waals surface area contributed by atoms with E-state index in [2.05, 4.69) is 6.92 Å². The third kappa shape index (κ3) is 9.26. The Bertz CT molecular complexity index is 131. The van der Waals surface area contributed by atoms with E-state index in [0.29, 0.717) is 13.2 Å². The van der Waals surface area contributed by atoms with Crippen molar-refractivity contribution in [3.8, 4) is 0 Å². The quantitative estimate of drug-likeness (QED) is 0.241. The van der Waals surface area contributed by atoms with Crippen LogP contribution < -0.4 is 11.3 Å². The molecule has 0 heterocycles. The number of hydrogen-bond acceptors (Lipinski definition) is 4. The number of nitrogens with one attached hydrogen (secondary N) is 1.